The fourth-order valence-electron chi connectivity index (χ4n) is 2.26. The molecule has 2 atom stereocenters. The van der Waals surface area contributed by atoms with Crippen molar-refractivity contribution in [2.45, 2.75) is 43.4 Å². The number of hydrogen-bond donors (Lipinski definition) is 1. The number of amides is 1. The highest BCUT2D eigenvalue weighted by atomic mass is 32.2. The Balaban J connectivity index is 1.91. The van der Waals surface area contributed by atoms with Crippen LogP contribution >= 0.6 is 11.8 Å². The number of ether oxygens (including phenoxy) is 1. The summed E-state index contributed by atoms with van der Waals surface area (Å²) in [5.74, 6) is 0.129. The fourth-order valence-corrected chi connectivity index (χ4v) is 3.10. The molecule has 1 saturated heterocycles. The van der Waals surface area contributed by atoms with E-state index in [0.717, 1.165) is 12.0 Å². The number of thioether (sulfide) groups is 1. The van der Waals surface area contributed by atoms with Gasteiger partial charge in [-0.1, -0.05) is 26.0 Å². The van der Waals surface area contributed by atoms with E-state index in [0.29, 0.717) is 18.5 Å². The first-order valence-corrected chi connectivity index (χ1v) is 8.09. The van der Waals surface area contributed by atoms with E-state index in [4.69, 9.17) is 4.74 Å². The first-order chi connectivity index (χ1) is 9.56. The van der Waals surface area contributed by atoms with Gasteiger partial charge in [0.2, 0.25) is 5.91 Å². The van der Waals surface area contributed by atoms with Gasteiger partial charge in [0.25, 0.3) is 0 Å². The van der Waals surface area contributed by atoms with Gasteiger partial charge in [-0.05, 0) is 31.0 Å². The summed E-state index contributed by atoms with van der Waals surface area (Å²) in [6.07, 6.45) is 0.836. The molecule has 1 heterocycles. The van der Waals surface area contributed by atoms with E-state index < -0.39 is 0 Å². The Morgan fingerprint density at radius 3 is 2.55 bits per heavy atom. The van der Waals surface area contributed by atoms with E-state index in [2.05, 4.69) is 43.4 Å². The van der Waals surface area contributed by atoms with Crippen LogP contribution in [0.2, 0.25) is 0 Å². The Bertz CT molecular complexity index is 438. The molecule has 0 bridgehead atoms. The lowest BCUT2D eigenvalue weighted by atomic mass is 10.1. The average molecular weight is 293 g/mol. The summed E-state index contributed by atoms with van der Waals surface area (Å²) in [5.41, 5.74) is 1.14. The quantitative estimate of drug-likeness (QED) is 0.846. The predicted octanol–water partition coefficient (Wildman–Crippen LogP) is 3.40. The van der Waals surface area contributed by atoms with E-state index in [9.17, 15) is 4.79 Å². The molecule has 0 spiro atoms. The molecule has 1 aliphatic heterocycles. The molecular formula is C16H23NO2S. The number of hydrogen-bond acceptors (Lipinski definition) is 3. The third kappa shape index (κ3) is 4.25. The highest BCUT2D eigenvalue weighted by molar-refractivity contribution is 7.99. The second-order valence-electron chi connectivity index (χ2n) is 5.53. The second kappa shape index (κ2) is 7.14. The van der Waals surface area contributed by atoms with Crippen molar-refractivity contribution in [1.29, 1.82) is 0 Å². The molecule has 1 amide bonds. The lowest BCUT2D eigenvalue weighted by Gasteiger charge is -2.17. The summed E-state index contributed by atoms with van der Waals surface area (Å²) >= 11 is 1.85. The van der Waals surface area contributed by atoms with Gasteiger partial charge in [0.15, 0.2) is 0 Å². The minimum Gasteiger partial charge on any atom is -0.381 e. The molecule has 1 fully saturated rings. The number of carbonyl (C=O) groups is 1. The monoisotopic (exact) mass is 293 g/mol. The Labute approximate surface area is 125 Å². The normalized spacial score (nSPS) is 20.1. The molecule has 2 unspecified atom stereocenters. The lowest BCUT2D eigenvalue weighted by Crippen LogP contribution is -2.33. The largest absolute Gasteiger partial charge is 0.381 e. The molecule has 3 nitrogen and oxygen atoms in total. The van der Waals surface area contributed by atoms with E-state index in [1.165, 1.54) is 4.90 Å². The highest BCUT2D eigenvalue weighted by Crippen LogP contribution is 2.24. The molecule has 110 valence electrons. The van der Waals surface area contributed by atoms with Gasteiger partial charge in [-0.25, -0.2) is 0 Å². The maximum absolute atomic E-state index is 12.0. The van der Waals surface area contributed by atoms with Crippen molar-refractivity contribution in [2.24, 2.45) is 5.92 Å². The minimum atomic E-state index is 0.0215. The van der Waals surface area contributed by atoms with Crippen LogP contribution < -0.4 is 5.32 Å². The Morgan fingerprint density at radius 1 is 1.30 bits per heavy atom. The van der Waals surface area contributed by atoms with E-state index in [1.54, 1.807) is 0 Å². The summed E-state index contributed by atoms with van der Waals surface area (Å²) < 4.78 is 5.25. The smallest absolute Gasteiger partial charge is 0.225 e. The molecule has 1 aromatic rings. The Kier molecular flexibility index (Phi) is 5.49. The molecule has 0 aromatic heterocycles. The molecule has 20 heavy (non-hydrogen) atoms. The zero-order valence-corrected chi connectivity index (χ0v) is 13.2. The van der Waals surface area contributed by atoms with Crippen molar-refractivity contribution in [3.05, 3.63) is 29.8 Å². The SMILES string of the molecule is CC(C)Sc1ccc(C(C)NC(=O)C2CCOC2)cc1. The summed E-state index contributed by atoms with van der Waals surface area (Å²) in [7, 11) is 0. The van der Waals surface area contributed by atoms with Crippen LogP contribution in [0, 0.1) is 5.92 Å². The summed E-state index contributed by atoms with van der Waals surface area (Å²) in [6, 6.07) is 8.49. The zero-order valence-electron chi connectivity index (χ0n) is 12.4. The molecule has 0 saturated carbocycles. The van der Waals surface area contributed by atoms with Crippen LogP contribution in [0.25, 0.3) is 0 Å². The third-order valence-corrected chi connectivity index (χ3v) is 4.43. The van der Waals surface area contributed by atoms with Gasteiger partial charge < -0.3 is 10.1 Å². The van der Waals surface area contributed by atoms with Gasteiger partial charge in [-0.2, -0.15) is 0 Å². The van der Waals surface area contributed by atoms with Crippen molar-refractivity contribution >= 4 is 17.7 Å². The van der Waals surface area contributed by atoms with Gasteiger partial charge >= 0.3 is 0 Å². The van der Waals surface area contributed by atoms with Gasteiger partial charge in [0.05, 0.1) is 18.6 Å². The van der Waals surface area contributed by atoms with Gasteiger partial charge in [-0.15, -0.1) is 11.8 Å². The topological polar surface area (TPSA) is 38.3 Å². The molecule has 1 aliphatic rings. The number of nitrogens with one attached hydrogen (secondary N) is 1. The molecule has 1 N–H and O–H groups in total. The van der Waals surface area contributed by atoms with Crippen LogP contribution in [0.1, 0.15) is 38.8 Å². The van der Waals surface area contributed by atoms with Gasteiger partial charge in [0.1, 0.15) is 0 Å². The van der Waals surface area contributed by atoms with Crippen LogP contribution in [-0.2, 0) is 9.53 Å². The van der Waals surface area contributed by atoms with Crippen molar-refractivity contribution in [3.63, 3.8) is 0 Å². The molecule has 0 radical (unpaired) electrons. The average Bonchev–Trinajstić information content (AvgIpc) is 2.92. The third-order valence-electron chi connectivity index (χ3n) is 3.41. The zero-order chi connectivity index (χ0) is 14.5. The van der Waals surface area contributed by atoms with Crippen LogP contribution in [-0.4, -0.2) is 24.4 Å². The first kappa shape index (κ1) is 15.4. The van der Waals surface area contributed by atoms with Crippen LogP contribution in [0.3, 0.4) is 0 Å². The van der Waals surface area contributed by atoms with Gasteiger partial charge in [-0.3, -0.25) is 4.79 Å². The first-order valence-electron chi connectivity index (χ1n) is 7.21. The van der Waals surface area contributed by atoms with E-state index >= 15 is 0 Å². The van der Waals surface area contributed by atoms with Crippen LogP contribution in [0.4, 0.5) is 0 Å². The van der Waals surface area contributed by atoms with Crippen molar-refractivity contribution in [2.75, 3.05) is 13.2 Å². The summed E-state index contributed by atoms with van der Waals surface area (Å²) in [5, 5.41) is 3.66. The standard InChI is InChI=1S/C16H23NO2S/c1-11(2)20-15-6-4-13(5-7-15)12(3)17-16(18)14-8-9-19-10-14/h4-7,11-12,14H,8-10H2,1-3H3,(H,17,18). The van der Waals surface area contributed by atoms with E-state index in [-0.39, 0.29) is 17.9 Å². The Morgan fingerprint density at radius 2 is 2.00 bits per heavy atom. The summed E-state index contributed by atoms with van der Waals surface area (Å²) in [6.45, 7) is 7.66. The second-order valence-corrected chi connectivity index (χ2v) is 7.18. The fraction of sp³-hybridized carbons (Fsp3) is 0.562. The van der Waals surface area contributed by atoms with Crippen LogP contribution in [0.5, 0.6) is 0 Å². The predicted molar refractivity (Wildman–Crippen MR) is 82.9 cm³/mol. The van der Waals surface area contributed by atoms with Gasteiger partial charge in [0, 0.05) is 16.8 Å². The minimum absolute atomic E-state index is 0.0215. The van der Waals surface area contributed by atoms with E-state index in [1.807, 2.05) is 18.7 Å². The molecule has 2 rings (SSSR count). The highest BCUT2D eigenvalue weighted by Gasteiger charge is 2.24. The van der Waals surface area contributed by atoms with Crippen molar-refractivity contribution in [1.82, 2.24) is 5.32 Å². The maximum Gasteiger partial charge on any atom is 0.225 e. The molecule has 1 aromatic carbocycles. The lowest BCUT2D eigenvalue weighted by molar-refractivity contribution is -0.125. The molecule has 0 aliphatic carbocycles. The molecule has 4 heteroatoms. The summed E-state index contributed by atoms with van der Waals surface area (Å²) in [4.78, 5) is 13.3. The van der Waals surface area contributed by atoms with Crippen molar-refractivity contribution < 1.29 is 9.53 Å². The number of carbonyl (C=O) groups excluding carboxylic acids is 1. The van der Waals surface area contributed by atoms with Crippen molar-refractivity contribution in [3.8, 4) is 0 Å². The number of rotatable bonds is 5. The van der Waals surface area contributed by atoms with Crippen LogP contribution in [0.15, 0.2) is 29.2 Å². The molecular weight excluding hydrogens is 270 g/mol. The Hall–Kier alpha value is -1.00. The number of benzene rings is 1. The maximum atomic E-state index is 12.0.